The molecule has 0 unspecified atom stereocenters. The van der Waals surface area contributed by atoms with Gasteiger partial charge in [0.25, 0.3) is 0 Å². The van der Waals surface area contributed by atoms with Gasteiger partial charge in [-0.2, -0.15) is 4.57 Å². The predicted octanol–water partition coefficient (Wildman–Crippen LogP) is 5.32. The van der Waals surface area contributed by atoms with E-state index in [1.807, 2.05) is 49.5 Å². The van der Waals surface area contributed by atoms with Gasteiger partial charge < -0.3 is 10.1 Å². The number of hydrogen-bond acceptors (Lipinski definition) is 2. The highest BCUT2D eigenvalue weighted by molar-refractivity contribution is 14.0. The van der Waals surface area contributed by atoms with E-state index in [1.165, 1.54) is 10.9 Å². The van der Waals surface area contributed by atoms with E-state index in [2.05, 4.69) is 59.4 Å². The largest absolute Gasteiger partial charge is 0.494 e. The number of aryl methyl sites for hydroxylation is 1. The van der Waals surface area contributed by atoms with Crippen LogP contribution in [-0.2, 0) is 7.05 Å². The molecule has 2 aromatic carbocycles. The number of anilines is 1. The Morgan fingerprint density at radius 3 is 2.50 bits per heavy atom. The molecule has 3 rings (SSSR count). The van der Waals surface area contributed by atoms with Crippen molar-refractivity contribution < 1.29 is 9.30 Å². The quantitative estimate of drug-likeness (QED) is 0.307. The zero-order chi connectivity index (χ0) is 17.5. The number of nitrogens with one attached hydrogen (secondary N) is 1. The lowest BCUT2D eigenvalue weighted by molar-refractivity contribution is -0.646. The summed E-state index contributed by atoms with van der Waals surface area (Å²) >= 11 is 0. The molecule has 0 radical (unpaired) electrons. The maximum absolute atomic E-state index is 5.44. The number of hydrogen-bond donors (Lipinski definition) is 1. The van der Waals surface area contributed by atoms with Crippen LogP contribution in [0.5, 0.6) is 5.75 Å². The average Bonchev–Trinajstić information content (AvgIpc) is 2.65. The average molecular weight is 459 g/mol. The molecule has 0 aliphatic rings. The first kappa shape index (κ1) is 20.0. The zero-order valence-electron chi connectivity index (χ0n) is 15.1. The van der Waals surface area contributed by atoms with Crippen molar-refractivity contribution in [1.82, 2.24) is 0 Å². The van der Waals surface area contributed by atoms with Gasteiger partial charge in [0.15, 0.2) is 0 Å². The summed E-state index contributed by atoms with van der Waals surface area (Å²) in [5.74, 6) is 0.890. The minimum Gasteiger partial charge on any atom is -0.494 e. The van der Waals surface area contributed by atoms with Crippen molar-refractivity contribution in [2.24, 2.45) is 7.05 Å². The summed E-state index contributed by atoms with van der Waals surface area (Å²) < 4.78 is 7.63. The monoisotopic (exact) mass is 459 g/mol. The second-order valence-corrected chi connectivity index (χ2v) is 5.70. The lowest BCUT2D eigenvalue weighted by Crippen LogP contribution is -2.32. The van der Waals surface area contributed by atoms with Crippen molar-refractivity contribution in [1.29, 1.82) is 0 Å². The Balaban J connectivity index is 0.00000243. The molecule has 1 aromatic heterocycles. The molecule has 4 heteroatoms. The highest BCUT2D eigenvalue weighted by Gasteiger charge is 2.07. The Bertz CT molecular complexity index is 902. The number of benzene rings is 2. The molecule has 0 amide bonds. The smallest absolute Gasteiger partial charge is 0.212 e. The molecular weight excluding hydrogens is 435 g/mol. The first-order valence-corrected chi connectivity index (χ1v) is 8.48. The Morgan fingerprint density at radius 1 is 0.962 bits per heavy atom. The standard InChI is InChI=1S/C22H22N2O.HI/c1-3-25-21-15-12-19(13-16-21)23-17-7-6-9-20-14-11-18-8-4-5-10-22(18)24(20)2;/h4-17H,3H2,1-2H3;1H/p+1. The van der Waals surface area contributed by atoms with Crippen LogP contribution >= 0.6 is 24.0 Å². The van der Waals surface area contributed by atoms with E-state index >= 15 is 0 Å². The third kappa shape index (κ3) is 5.08. The van der Waals surface area contributed by atoms with Crippen molar-refractivity contribution in [2.75, 3.05) is 11.9 Å². The summed E-state index contributed by atoms with van der Waals surface area (Å²) in [6.07, 6.45) is 8.05. The third-order valence-electron chi connectivity index (χ3n) is 4.01. The van der Waals surface area contributed by atoms with E-state index < -0.39 is 0 Å². The van der Waals surface area contributed by atoms with Crippen molar-refractivity contribution in [2.45, 2.75) is 6.92 Å². The van der Waals surface area contributed by atoms with Crippen LogP contribution in [0.15, 0.2) is 79.0 Å². The van der Waals surface area contributed by atoms with E-state index in [0.717, 1.165) is 17.1 Å². The molecule has 0 aliphatic heterocycles. The summed E-state index contributed by atoms with van der Waals surface area (Å²) in [4.78, 5) is 0. The number of rotatable bonds is 6. The summed E-state index contributed by atoms with van der Waals surface area (Å²) in [6, 6.07) is 20.6. The predicted molar refractivity (Wildman–Crippen MR) is 120 cm³/mol. The number of allylic oxidation sites excluding steroid dienone is 2. The first-order valence-electron chi connectivity index (χ1n) is 8.48. The molecule has 3 nitrogen and oxygen atoms in total. The minimum absolute atomic E-state index is 0. The van der Waals surface area contributed by atoms with Gasteiger partial charge in [-0.3, -0.25) is 0 Å². The van der Waals surface area contributed by atoms with Gasteiger partial charge in [0.2, 0.25) is 11.2 Å². The van der Waals surface area contributed by atoms with Crippen molar-refractivity contribution in [3.8, 4) is 5.75 Å². The van der Waals surface area contributed by atoms with Crippen molar-refractivity contribution in [3.05, 3.63) is 84.7 Å². The molecule has 0 saturated carbocycles. The molecule has 1 heterocycles. The van der Waals surface area contributed by atoms with Gasteiger partial charge in [-0.1, -0.05) is 18.2 Å². The highest BCUT2D eigenvalue weighted by atomic mass is 127. The molecule has 0 aliphatic carbocycles. The Hall–Kier alpha value is -2.34. The van der Waals surface area contributed by atoms with Crippen LogP contribution in [0.2, 0.25) is 0 Å². The second kappa shape index (κ2) is 9.97. The lowest BCUT2D eigenvalue weighted by Gasteiger charge is -2.04. The fourth-order valence-corrected chi connectivity index (χ4v) is 2.70. The molecule has 134 valence electrons. The number of fused-ring (bicyclic) bond motifs is 1. The Labute approximate surface area is 172 Å². The fourth-order valence-electron chi connectivity index (χ4n) is 2.70. The number of halogens is 1. The third-order valence-corrected chi connectivity index (χ3v) is 4.01. The molecule has 0 spiro atoms. The zero-order valence-corrected chi connectivity index (χ0v) is 17.4. The second-order valence-electron chi connectivity index (χ2n) is 5.70. The van der Waals surface area contributed by atoms with Gasteiger partial charge in [-0.25, -0.2) is 0 Å². The van der Waals surface area contributed by atoms with Crippen molar-refractivity contribution >= 4 is 46.6 Å². The molecule has 0 atom stereocenters. The van der Waals surface area contributed by atoms with Gasteiger partial charge in [-0.05, 0) is 49.4 Å². The van der Waals surface area contributed by atoms with Crippen LogP contribution in [0.4, 0.5) is 5.69 Å². The number of aromatic nitrogens is 1. The summed E-state index contributed by atoms with van der Waals surface area (Å²) in [6.45, 7) is 2.67. The number of ether oxygens (including phenoxy) is 1. The Morgan fingerprint density at radius 2 is 1.73 bits per heavy atom. The van der Waals surface area contributed by atoms with Gasteiger partial charge in [0, 0.05) is 35.5 Å². The summed E-state index contributed by atoms with van der Waals surface area (Å²) in [5.41, 5.74) is 3.41. The van der Waals surface area contributed by atoms with Crippen LogP contribution in [0.3, 0.4) is 0 Å². The maximum Gasteiger partial charge on any atom is 0.212 e. The van der Waals surface area contributed by atoms with Crippen LogP contribution in [0.1, 0.15) is 12.6 Å². The van der Waals surface area contributed by atoms with Gasteiger partial charge in [-0.15, -0.1) is 24.0 Å². The molecule has 0 saturated heterocycles. The highest BCUT2D eigenvalue weighted by Crippen LogP contribution is 2.15. The van der Waals surface area contributed by atoms with Gasteiger partial charge in [0.1, 0.15) is 12.8 Å². The van der Waals surface area contributed by atoms with E-state index in [4.69, 9.17) is 4.74 Å². The van der Waals surface area contributed by atoms with E-state index in [1.54, 1.807) is 0 Å². The molecule has 26 heavy (non-hydrogen) atoms. The summed E-state index contributed by atoms with van der Waals surface area (Å²) in [5, 5.41) is 4.50. The molecular formula is C22H24IN2O+. The van der Waals surface area contributed by atoms with E-state index in [0.29, 0.717) is 6.61 Å². The summed E-state index contributed by atoms with van der Waals surface area (Å²) in [7, 11) is 2.09. The molecule has 0 bridgehead atoms. The van der Waals surface area contributed by atoms with Crippen LogP contribution in [0.25, 0.3) is 17.0 Å². The van der Waals surface area contributed by atoms with Crippen LogP contribution < -0.4 is 14.6 Å². The minimum atomic E-state index is 0. The lowest BCUT2D eigenvalue weighted by atomic mass is 10.2. The number of nitrogens with zero attached hydrogens (tertiary/aromatic N) is 1. The van der Waals surface area contributed by atoms with Gasteiger partial charge >= 0.3 is 0 Å². The van der Waals surface area contributed by atoms with Gasteiger partial charge in [0.05, 0.1) is 6.61 Å². The Kier molecular flexibility index (Phi) is 7.66. The topological polar surface area (TPSA) is 25.1 Å². The maximum atomic E-state index is 5.44. The van der Waals surface area contributed by atoms with E-state index in [9.17, 15) is 0 Å². The van der Waals surface area contributed by atoms with E-state index in [-0.39, 0.29) is 24.0 Å². The number of pyridine rings is 1. The molecule has 3 aromatic rings. The number of para-hydroxylation sites is 1. The first-order chi connectivity index (χ1) is 12.3. The van der Waals surface area contributed by atoms with Crippen LogP contribution in [-0.4, -0.2) is 6.61 Å². The fraction of sp³-hybridized carbons (Fsp3) is 0.136. The SMILES string of the molecule is CCOc1ccc(N/C=C/C=C/c2ccc3ccccc3[n+]2C)cc1.I. The molecule has 0 fully saturated rings. The molecule has 1 N–H and O–H groups in total. The van der Waals surface area contributed by atoms with Crippen LogP contribution in [0, 0.1) is 0 Å². The normalized spacial score (nSPS) is 11.0. The van der Waals surface area contributed by atoms with Crippen molar-refractivity contribution in [3.63, 3.8) is 0 Å².